The molecule has 0 aliphatic heterocycles. The van der Waals surface area contributed by atoms with Gasteiger partial charge in [-0.1, -0.05) is 27.5 Å². The lowest BCUT2D eigenvalue weighted by molar-refractivity contribution is 0.106. The average molecular weight is 293 g/mol. The minimum atomic E-state index is 0.143. The molecule has 1 N–H and O–H groups in total. The highest BCUT2D eigenvalue weighted by atomic mass is 79.9. The molecular formula is C11H15BrClNO. The Bertz CT molecular complexity index is 332. The number of hydrogen-bond acceptors (Lipinski definition) is 2. The van der Waals surface area contributed by atoms with Crippen molar-refractivity contribution < 1.29 is 4.74 Å². The van der Waals surface area contributed by atoms with Gasteiger partial charge in [0.1, 0.15) is 0 Å². The van der Waals surface area contributed by atoms with Crippen LogP contribution in [-0.2, 0) is 4.74 Å². The number of hydrogen-bond donors (Lipinski definition) is 1. The van der Waals surface area contributed by atoms with Gasteiger partial charge in [-0.2, -0.15) is 0 Å². The summed E-state index contributed by atoms with van der Waals surface area (Å²) in [6.45, 7) is 4.08. The van der Waals surface area contributed by atoms with Gasteiger partial charge in [0.05, 0.1) is 16.8 Å². The van der Waals surface area contributed by atoms with Gasteiger partial charge in [0.15, 0.2) is 0 Å². The zero-order valence-electron chi connectivity index (χ0n) is 9.05. The van der Waals surface area contributed by atoms with E-state index >= 15 is 0 Å². The Balaban J connectivity index is 2.72. The normalized spacial score (nSPS) is 14.7. The lowest BCUT2D eigenvalue weighted by Crippen LogP contribution is -2.29. The summed E-state index contributed by atoms with van der Waals surface area (Å²) in [5.41, 5.74) is 0.927. The minimum Gasteiger partial charge on any atom is -0.380 e. The van der Waals surface area contributed by atoms with Crippen LogP contribution in [0.4, 0.5) is 5.69 Å². The van der Waals surface area contributed by atoms with Crippen molar-refractivity contribution in [2.75, 3.05) is 12.4 Å². The molecule has 0 aliphatic carbocycles. The van der Waals surface area contributed by atoms with E-state index in [2.05, 4.69) is 28.2 Å². The van der Waals surface area contributed by atoms with Crippen LogP contribution in [0.25, 0.3) is 0 Å². The van der Waals surface area contributed by atoms with Crippen molar-refractivity contribution in [3.63, 3.8) is 0 Å². The smallest absolute Gasteiger partial charge is 0.0741 e. The van der Waals surface area contributed by atoms with Crippen LogP contribution in [-0.4, -0.2) is 19.3 Å². The summed E-state index contributed by atoms with van der Waals surface area (Å²) in [5.74, 6) is 0. The fourth-order valence-electron chi connectivity index (χ4n) is 1.17. The Hall–Kier alpha value is -0.250. The number of ether oxygens (including phenoxy) is 1. The van der Waals surface area contributed by atoms with E-state index in [4.69, 9.17) is 16.3 Å². The standard InChI is InChI=1S/C11H15BrClNO/c1-7(8(2)15-3)14-11-5-4-9(12)6-10(11)13/h4-8,14H,1-3H3. The maximum atomic E-state index is 6.09. The van der Waals surface area contributed by atoms with Crippen LogP contribution in [0.3, 0.4) is 0 Å². The second kappa shape index (κ2) is 5.73. The molecular weight excluding hydrogens is 277 g/mol. The molecule has 0 saturated carbocycles. The maximum absolute atomic E-state index is 6.09. The molecule has 0 fully saturated rings. The summed E-state index contributed by atoms with van der Waals surface area (Å²) >= 11 is 9.46. The molecule has 2 atom stereocenters. The average Bonchev–Trinajstić information content (AvgIpc) is 2.20. The van der Waals surface area contributed by atoms with Crippen LogP contribution in [0, 0.1) is 0 Å². The van der Waals surface area contributed by atoms with Crippen LogP contribution < -0.4 is 5.32 Å². The first-order valence-electron chi connectivity index (χ1n) is 4.79. The molecule has 0 amide bonds. The lowest BCUT2D eigenvalue weighted by atomic mass is 10.2. The Morgan fingerprint density at radius 1 is 1.40 bits per heavy atom. The Morgan fingerprint density at radius 3 is 2.60 bits per heavy atom. The number of rotatable bonds is 4. The monoisotopic (exact) mass is 291 g/mol. The van der Waals surface area contributed by atoms with Crippen molar-refractivity contribution in [2.45, 2.75) is 26.0 Å². The number of nitrogens with one attached hydrogen (secondary N) is 1. The molecule has 0 saturated heterocycles. The van der Waals surface area contributed by atoms with Crippen LogP contribution in [0.1, 0.15) is 13.8 Å². The quantitative estimate of drug-likeness (QED) is 0.907. The third kappa shape index (κ3) is 3.67. The largest absolute Gasteiger partial charge is 0.380 e. The molecule has 2 unspecified atom stereocenters. The van der Waals surface area contributed by atoms with E-state index in [9.17, 15) is 0 Å². The van der Waals surface area contributed by atoms with Gasteiger partial charge in [0.2, 0.25) is 0 Å². The van der Waals surface area contributed by atoms with Crippen LogP contribution in [0.15, 0.2) is 22.7 Å². The van der Waals surface area contributed by atoms with Crippen molar-refractivity contribution in [2.24, 2.45) is 0 Å². The fourth-order valence-corrected chi connectivity index (χ4v) is 1.90. The highest BCUT2D eigenvalue weighted by Gasteiger charge is 2.12. The molecule has 1 aromatic carbocycles. The minimum absolute atomic E-state index is 0.143. The molecule has 0 spiro atoms. The van der Waals surface area contributed by atoms with Crippen LogP contribution in [0.2, 0.25) is 5.02 Å². The van der Waals surface area contributed by atoms with Crippen LogP contribution >= 0.6 is 27.5 Å². The van der Waals surface area contributed by atoms with E-state index in [1.165, 1.54) is 0 Å². The Kier molecular flexibility index (Phi) is 4.90. The van der Waals surface area contributed by atoms with E-state index in [1.54, 1.807) is 7.11 Å². The lowest BCUT2D eigenvalue weighted by Gasteiger charge is -2.21. The van der Waals surface area contributed by atoms with E-state index in [0.717, 1.165) is 10.2 Å². The van der Waals surface area contributed by atoms with Crippen LogP contribution in [0.5, 0.6) is 0 Å². The summed E-state index contributed by atoms with van der Waals surface area (Å²) < 4.78 is 6.21. The number of methoxy groups -OCH3 is 1. The summed E-state index contributed by atoms with van der Waals surface area (Å²) in [6.07, 6.45) is 0.143. The summed E-state index contributed by atoms with van der Waals surface area (Å²) in [6, 6.07) is 5.99. The predicted octanol–water partition coefficient (Wildman–Crippen LogP) is 3.94. The van der Waals surface area contributed by atoms with E-state index < -0.39 is 0 Å². The first kappa shape index (κ1) is 12.8. The Morgan fingerprint density at radius 2 is 2.07 bits per heavy atom. The molecule has 0 aromatic heterocycles. The number of benzene rings is 1. The zero-order chi connectivity index (χ0) is 11.4. The van der Waals surface area contributed by atoms with Crippen molar-refractivity contribution in [3.05, 3.63) is 27.7 Å². The van der Waals surface area contributed by atoms with Gasteiger partial charge in [-0.25, -0.2) is 0 Å². The molecule has 0 aliphatic rings. The van der Waals surface area contributed by atoms with Crippen molar-refractivity contribution >= 4 is 33.2 Å². The molecule has 1 aromatic rings. The van der Waals surface area contributed by atoms with Gasteiger partial charge in [-0.15, -0.1) is 0 Å². The molecule has 0 heterocycles. The van der Waals surface area contributed by atoms with Gasteiger partial charge in [-0.05, 0) is 32.0 Å². The molecule has 0 radical (unpaired) electrons. The molecule has 1 rings (SSSR count). The van der Waals surface area contributed by atoms with Gasteiger partial charge in [0, 0.05) is 17.6 Å². The third-order valence-corrected chi connectivity index (χ3v) is 3.20. The molecule has 15 heavy (non-hydrogen) atoms. The topological polar surface area (TPSA) is 21.3 Å². The summed E-state index contributed by atoms with van der Waals surface area (Å²) in [7, 11) is 1.70. The van der Waals surface area contributed by atoms with Crippen molar-refractivity contribution in [1.29, 1.82) is 0 Å². The van der Waals surface area contributed by atoms with Gasteiger partial charge in [0.25, 0.3) is 0 Å². The second-order valence-electron chi connectivity index (χ2n) is 3.50. The predicted molar refractivity (Wildman–Crippen MR) is 68.7 cm³/mol. The number of anilines is 1. The fraction of sp³-hybridized carbons (Fsp3) is 0.455. The van der Waals surface area contributed by atoms with Crippen molar-refractivity contribution in [3.8, 4) is 0 Å². The van der Waals surface area contributed by atoms with E-state index in [0.29, 0.717) is 5.02 Å². The second-order valence-corrected chi connectivity index (χ2v) is 4.82. The zero-order valence-corrected chi connectivity index (χ0v) is 11.4. The molecule has 2 nitrogen and oxygen atoms in total. The van der Waals surface area contributed by atoms with Gasteiger partial charge < -0.3 is 10.1 Å². The van der Waals surface area contributed by atoms with E-state index in [1.807, 2.05) is 25.1 Å². The highest BCUT2D eigenvalue weighted by Crippen LogP contribution is 2.26. The van der Waals surface area contributed by atoms with E-state index in [-0.39, 0.29) is 12.1 Å². The molecule has 4 heteroatoms. The highest BCUT2D eigenvalue weighted by molar-refractivity contribution is 9.10. The van der Waals surface area contributed by atoms with Gasteiger partial charge >= 0.3 is 0 Å². The van der Waals surface area contributed by atoms with Gasteiger partial charge in [-0.3, -0.25) is 0 Å². The summed E-state index contributed by atoms with van der Waals surface area (Å²) in [5, 5.41) is 4.02. The maximum Gasteiger partial charge on any atom is 0.0741 e. The Labute approximate surface area is 104 Å². The molecule has 84 valence electrons. The summed E-state index contributed by atoms with van der Waals surface area (Å²) in [4.78, 5) is 0. The van der Waals surface area contributed by atoms with Crippen molar-refractivity contribution in [1.82, 2.24) is 0 Å². The molecule has 0 bridgehead atoms. The SMILES string of the molecule is COC(C)C(C)Nc1ccc(Br)cc1Cl. The first-order valence-corrected chi connectivity index (χ1v) is 5.96. The number of halogens is 2. The first-order chi connectivity index (χ1) is 7.04. The third-order valence-electron chi connectivity index (χ3n) is 2.39.